The minimum absolute atomic E-state index is 0.0649. The lowest BCUT2D eigenvalue weighted by Gasteiger charge is -2.28. The van der Waals surface area contributed by atoms with Crippen LogP contribution in [0.5, 0.6) is 0 Å². The summed E-state index contributed by atoms with van der Waals surface area (Å²) in [4.78, 5) is 23.4. The molecule has 0 aromatic heterocycles. The second kappa shape index (κ2) is 8.03. The van der Waals surface area contributed by atoms with Gasteiger partial charge in [0.15, 0.2) is 0 Å². The fourth-order valence-electron chi connectivity index (χ4n) is 2.45. The Bertz CT molecular complexity index is 587. The van der Waals surface area contributed by atoms with E-state index >= 15 is 0 Å². The first-order valence-electron chi connectivity index (χ1n) is 7.41. The van der Waals surface area contributed by atoms with Gasteiger partial charge < -0.3 is 10.2 Å². The Balaban J connectivity index is 2.99. The van der Waals surface area contributed by atoms with Crippen molar-refractivity contribution < 1.29 is 33.0 Å². The zero-order chi connectivity index (χ0) is 18.5. The summed E-state index contributed by atoms with van der Waals surface area (Å²) in [6.07, 6.45) is -6.14. The molecule has 5 nitrogen and oxygen atoms in total. The smallest absolute Gasteiger partial charge is 0.416 e. The minimum atomic E-state index is -4.55. The molecule has 1 unspecified atom stereocenters. The van der Waals surface area contributed by atoms with Crippen LogP contribution in [0.3, 0.4) is 0 Å². The van der Waals surface area contributed by atoms with E-state index < -0.39 is 29.8 Å². The Morgan fingerprint density at radius 1 is 1.17 bits per heavy atom. The van der Waals surface area contributed by atoms with Gasteiger partial charge in [-0.25, -0.2) is 9.59 Å². The Morgan fingerprint density at radius 3 is 2.21 bits per heavy atom. The number of hydrogen-bond donors (Lipinski definition) is 2. The Morgan fingerprint density at radius 2 is 1.75 bits per heavy atom. The highest BCUT2D eigenvalue weighted by Gasteiger charge is 2.34. The van der Waals surface area contributed by atoms with Crippen molar-refractivity contribution in [3.63, 3.8) is 0 Å². The zero-order valence-corrected chi connectivity index (χ0v) is 13.4. The van der Waals surface area contributed by atoms with E-state index in [1.54, 1.807) is 13.8 Å². The maximum absolute atomic E-state index is 13.0. The van der Waals surface area contributed by atoms with Crippen LogP contribution in [0, 0.1) is 5.92 Å². The highest BCUT2D eigenvalue weighted by atomic mass is 19.4. The summed E-state index contributed by atoms with van der Waals surface area (Å²) in [6, 6.07) is 3.57. The molecular formula is C16H20F3NO4. The van der Waals surface area contributed by atoms with Gasteiger partial charge in [-0.2, -0.15) is 13.2 Å². The summed E-state index contributed by atoms with van der Waals surface area (Å²) >= 11 is 0. The number of carboxylic acid groups (broad SMARTS) is 2. The van der Waals surface area contributed by atoms with Gasteiger partial charge in [0.05, 0.1) is 5.56 Å². The van der Waals surface area contributed by atoms with Crippen LogP contribution in [0.4, 0.5) is 18.0 Å². The van der Waals surface area contributed by atoms with Gasteiger partial charge in [-0.15, -0.1) is 0 Å². The molecule has 0 saturated heterocycles. The third kappa shape index (κ3) is 5.43. The van der Waals surface area contributed by atoms with E-state index in [2.05, 4.69) is 0 Å². The molecule has 8 heteroatoms. The van der Waals surface area contributed by atoms with E-state index in [1.807, 2.05) is 0 Å². The van der Waals surface area contributed by atoms with E-state index in [9.17, 15) is 33.0 Å². The predicted molar refractivity (Wildman–Crippen MR) is 80.8 cm³/mol. The van der Waals surface area contributed by atoms with Gasteiger partial charge in [-0.05, 0) is 30.4 Å². The van der Waals surface area contributed by atoms with Crippen LogP contribution in [-0.2, 0) is 17.4 Å². The molecule has 0 aliphatic heterocycles. The van der Waals surface area contributed by atoms with Crippen LogP contribution in [0.25, 0.3) is 0 Å². The first-order chi connectivity index (χ1) is 11.0. The number of alkyl halides is 3. The Hall–Kier alpha value is -2.25. The SMILES string of the molecule is CC(C)CC(C(=O)O)N(CCc1ccccc1C(F)(F)F)C(=O)O. The van der Waals surface area contributed by atoms with Gasteiger partial charge >= 0.3 is 18.2 Å². The van der Waals surface area contributed by atoms with Gasteiger partial charge in [0, 0.05) is 6.54 Å². The van der Waals surface area contributed by atoms with E-state index in [1.165, 1.54) is 18.2 Å². The maximum atomic E-state index is 13.0. The molecule has 0 spiro atoms. The molecule has 0 fully saturated rings. The number of nitrogens with zero attached hydrogens (tertiary/aromatic N) is 1. The van der Waals surface area contributed by atoms with Gasteiger partial charge in [-0.3, -0.25) is 4.90 Å². The van der Waals surface area contributed by atoms with Crippen LogP contribution in [0.15, 0.2) is 24.3 Å². The first-order valence-corrected chi connectivity index (χ1v) is 7.41. The quantitative estimate of drug-likeness (QED) is 0.788. The van der Waals surface area contributed by atoms with E-state index in [-0.39, 0.29) is 30.9 Å². The third-order valence-electron chi connectivity index (χ3n) is 3.55. The molecule has 0 heterocycles. The van der Waals surface area contributed by atoms with Crippen molar-refractivity contribution in [2.75, 3.05) is 6.54 Å². The molecule has 1 rings (SSSR count). The predicted octanol–water partition coefficient (Wildman–Crippen LogP) is 3.73. The molecule has 0 aliphatic carbocycles. The topological polar surface area (TPSA) is 77.8 Å². The Kier molecular flexibility index (Phi) is 6.62. The zero-order valence-electron chi connectivity index (χ0n) is 13.4. The van der Waals surface area contributed by atoms with Gasteiger partial charge in [-0.1, -0.05) is 32.0 Å². The van der Waals surface area contributed by atoms with Crippen molar-refractivity contribution in [3.8, 4) is 0 Å². The average Bonchev–Trinajstić information content (AvgIpc) is 2.44. The third-order valence-corrected chi connectivity index (χ3v) is 3.55. The molecule has 24 heavy (non-hydrogen) atoms. The summed E-state index contributed by atoms with van der Waals surface area (Å²) in [7, 11) is 0. The van der Waals surface area contributed by atoms with Crippen LogP contribution in [0.2, 0.25) is 0 Å². The lowest BCUT2D eigenvalue weighted by atomic mass is 10.0. The number of aliphatic carboxylic acids is 1. The molecular weight excluding hydrogens is 327 g/mol. The number of carbonyl (C=O) groups is 2. The number of carboxylic acids is 1. The van der Waals surface area contributed by atoms with Crippen molar-refractivity contribution in [3.05, 3.63) is 35.4 Å². The molecule has 134 valence electrons. The molecule has 2 N–H and O–H groups in total. The molecule has 0 radical (unpaired) electrons. The van der Waals surface area contributed by atoms with Crippen molar-refractivity contribution >= 4 is 12.1 Å². The number of benzene rings is 1. The van der Waals surface area contributed by atoms with E-state index in [4.69, 9.17) is 0 Å². The lowest BCUT2D eigenvalue weighted by Crippen LogP contribution is -2.46. The summed E-state index contributed by atoms with van der Waals surface area (Å²) in [5.74, 6) is -1.38. The average molecular weight is 347 g/mol. The number of amides is 1. The standard InChI is InChI=1S/C16H20F3NO4/c1-10(2)9-13(14(21)22)20(15(23)24)8-7-11-5-3-4-6-12(11)16(17,18)19/h3-6,10,13H,7-9H2,1-2H3,(H,21,22)(H,23,24). The van der Waals surface area contributed by atoms with Crippen LogP contribution < -0.4 is 0 Å². The number of halogens is 3. The molecule has 1 atom stereocenters. The second-order valence-electron chi connectivity index (χ2n) is 5.86. The molecule has 0 saturated carbocycles. The summed E-state index contributed by atoms with van der Waals surface area (Å²) in [5, 5.41) is 18.5. The largest absolute Gasteiger partial charge is 0.480 e. The normalized spacial score (nSPS) is 12.9. The molecule has 0 aliphatic rings. The van der Waals surface area contributed by atoms with Gasteiger partial charge in [0.25, 0.3) is 0 Å². The fourth-order valence-corrected chi connectivity index (χ4v) is 2.45. The first kappa shape index (κ1) is 19.8. The highest BCUT2D eigenvalue weighted by Crippen LogP contribution is 2.32. The van der Waals surface area contributed by atoms with Gasteiger partial charge in [0.1, 0.15) is 6.04 Å². The van der Waals surface area contributed by atoms with Crippen LogP contribution >= 0.6 is 0 Å². The fraction of sp³-hybridized carbons (Fsp3) is 0.500. The summed E-state index contributed by atoms with van der Waals surface area (Å²) in [6.45, 7) is 3.16. The van der Waals surface area contributed by atoms with Crippen molar-refractivity contribution in [1.82, 2.24) is 4.90 Å². The highest BCUT2D eigenvalue weighted by molar-refractivity contribution is 5.79. The molecule has 1 amide bonds. The number of hydrogen-bond acceptors (Lipinski definition) is 2. The summed E-state index contributed by atoms with van der Waals surface area (Å²) < 4.78 is 38.9. The number of rotatable bonds is 7. The minimum Gasteiger partial charge on any atom is -0.480 e. The molecule has 0 bridgehead atoms. The van der Waals surface area contributed by atoms with E-state index in [0.29, 0.717) is 4.90 Å². The van der Waals surface area contributed by atoms with E-state index in [0.717, 1.165) is 6.07 Å². The van der Waals surface area contributed by atoms with Crippen LogP contribution in [0.1, 0.15) is 31.4 Å². The maximum Gasteiger partial charge on any atom is 0.416 e. The summed E-state index contributed by atoms with van der Waals surface area (Å²) in [5.41, 5.74) is -0.906. The molecule has 1 aromatic carbocycles. The van der Waals surface area contributed by atoms with Gasteiger partial charge in [0.2, 0.25) is 0 Å². The monoisotopic (exact) mass is 347 g/mol. The molecule has 1 aromatic rings. The van der Waals surface area contributed by atoms with Crippen LogP contribution in [-0.4, -0.2) is 39.8 Å². The lowest BCUT2D eigenvalue weighted by molar-refractivity contribution is -0.143. The van der Waals surface area contributed by atoms with Crippen molar-refractivity contribution in [2.45, 2.75) is 38.9 Å². The van der Waals surface area contributed by atoms with Crippen molar-refractivity contribution in [1.29, 1.82) is 0 Å². The van der Waals surface area contributed by atoms with Crippen molar-refractivity contribution in [2.24, 2.45) is 5.92 Å². The second-order valence-corrected chi connectivity index (χ2v) is 5.86. The Labute approximate surface area is 137 Å².